The van der Waals surface area contributed by atoms with Gasteiger partial charge in [0, 0.05) is 18.5 Å². The molecule has 1 heterocycles. The monoisotopic (exact) mass is 264 g/mol. The van der Waals surface area contributed by atoms with Crippen molar-refractivity contribution in [2.45, 2.75) is 13.1 Å². The Labute approximate surface area is 109 Å². The van der Waals surface area contributed by atoms with Crippen molar-refractivity contribution >= 4 is 5.69 Å². The molecule has 0 radical (unpaired) electrons. The number of imidazole rings is 1. The average Bonchev–Trinajstić information content (AvgIpc) is 2.77. The van der Waals surface area contributed by atoms with Crippen molar-refractivity contribution < 1.29 is 9.31 Å². The average molecular weight is 264 g/mol. The fourth-order valence-electron chi connectivity index (χ4n) is 1.85. The van der Waals surface area contributed by atoms with Crippen molar-refractivity contribution in [1.29, 1.82) is 0 Å². The van der Waals surface area contributed by atoms with Gasteiger partial charge in [0.1, 0.15) is 11.6 Å². The number of hydrogen-bond acceptors (Lipinski definition) is 4. The first kappa shape index (κ1) is 13.2. The van der Waals surface area contributed by atoms with E-state index in [4.69, 9.17) is 0 Å². The number of rotatable bonds is 5. The highest BCUT2D eigenvalue weighted by molar-refractivity contribution is 5.40. The molecule has 0 fully saturated rings. The molecular formula is C12H13FN4O2. The first-order valence-corrected chi connectivity index (χ1v) is 5.69. The highest BCUT2D eigenvalue weighted by Gasteiger charge is 2.15. The van der Waals surface area contributed by atoms with Crippen LogP contribution in [0, 0.1) is 15.9 Å². The predicted molar refractivity (Wildman–Crippen MR) is 67.1 cm³/mol. The summed E-state index contributed by atoms with van der Waals surface area (Å²) in [6, 6.07) is 3.45. The van der Waals surface area contributed by atoms with Crippen molar-refractivity contribution in [1.82, 2.24) is 14.9 Å². The molecule has 2 rings (SSSR count). The number of hydrogen-bond donors (Lipinski definition) is 1. The third-order valence-corrected chi connectivity index (χ3v) is 2.72. The molecular weight excluding hydrogens is 251 g/mol. The van der Waals surface area contributed by atoms with Crippen molar-refractivity contribution in [3.63, 3.8) is 0 Å². The minimum atomic E-state index is -0.510. The van der Waals surface area contributed by atoms with Gasteiger partial charge < -0.3 is 9.88 Å². The summed E-state index contributed by atoms with van der Waals surface area (Å²) in [6.45, 7) is 0.751. The Morgan fingerprint density at radius 2 is 2.32 bits per heavy atom. The smallest absolute Gasteiger partial charge is 0.274 e. The standard InChI is InChI=1S/C12H13FN4O2/c1-14-7-12-15-4-5-16(12)8-9-6-10(13)2-3-11(9)17(18)19/h2-6,14H,7-8H2,1H3. The van der Waals surface area contributed by atoms with Crippen LogP contribution in [-0.4, -0.2) is 21.5 Å². The molecule has 0 bridgehead atoms. The minimum absolute atomic E-state index is 0.0921. The molecule has 0 amide bonds. The Balaban J connectivity index is 2.34. The van der Waals surface area contributed by atoms with Crippen LogP contribution in [0.15, 0.2) is 30.6 Å². The third kappa shape index (κ3) is 2.94. The van der Waals surface area contributed by atoms with E-state index >= 15 is 0 Å². The Hall–Kier alpha value is -2.28. The fraction of sp³-hybridized carbons (Fsp3) is 0.250. The van der Waals surface area contributed by atoms with Crippen molar-refractivity contribution in [3.8, 4) is 0 Å². The van der Waals surface area contributed by atoms with Gasteiger partial charge in [0.2, 0.25) is 0 Å². The highest BCUT2D eigenvalue weighted by Crippen LogP contribution is 2.21. The molecule has 0 aliphatic rings. The molecule has 1 aromatic heterocycles. The Morgan fingerprint density at radius 1 is 1.53 bits per heavy atom. The first-order valence-electron chi connectivity index (χ1n) is 5.69. The number of benzene rings is 1. The molecule has 100 valence electrons. The summed E-state index contributed by atoms with van der Waals surface area (Å²) >= 11 is 0. The van der Waals surface area contributed by atoms with Crippen LogP contribution in [-0.2, 0) is 13.1 Å². The van der Waals surface area contributed by atoms with E-state index in [1.54, 1.807) is 24.0 Å². The molecule has 2 aromatic rings. The molecule has 0 atom stereocenters. The van der Waals surface area contributed by atoms with Gasteiger partial charge in [-0.05, 0) is 19.2 Å². The van der Waals surface area contributed by atoms with Crippen LogP contribution >= 0.6 is 0 Å². The Bertz CT molecular complexity index is 597. The van der Waals surface area contributed by atoms with Crippen LogP contribution in [0.5, 0.6) is 0 Å². The van der Waals surface area contributed by atoms with Crippen LogP contribution in [0.3, 0.4) is 0 Å². The van der Waals surface area contributed by atoms with Gasteiger partial charge >= 0.3 is 0 Å². The number of nitrogens with one attached hydrogen (secondary N) is 1. The zero-order valence-corrected chi connectivity index (χ0v) is 10.3. The van der Waals surface area contributed by atoms with E-state index in [2.05, 4.69) is 10.3 Å². The van der Waals surface area contributed by atoms with E-state index in [0.717, 1.165) is 11.9 Å². The second kappa shape index (κ2) is 5.57. The first-order chi connectivity index (χ1) is 9.11. The van der Waals surface area contributed by atoms with Gasteiger partial charge in [-0.15, -0.1) is 0 Å². The van der Waals surface area contributed by atoms with Gasteiger partial charge in [0.15, 0.2) is 0 Å². The second-order valence-corrected chi connectivity index (χ2v) is 4.03. The van der Waals surface area contributed by atoms with E-state index in [0.29, 0.717) is 12.1 Å². The maximum absolute atomic E-state index is 13.2. The molecule has 1 aromatic carbocycles. The molecule has 0 saturated carbocycles. The van der Waals surface area contributed by atoms with Crippen LogP contribution in [0.1, 0.15) is 11.4 Å². The molecule has 19 heavy (non-hydrogen) atoms. The van der Waals surface area contributed by atoms with E-state index in [1.165, 1.54) is 12.1 Å². The quantitative estimate of drug-likeness (QED) is 0.659. The van der Waals surface area contributed by atoms with Gasteiger partial charge in [-0.3, -0.25) is 10.1 Å². The number of nitro benzene ring substituents is 1. The SMILES string of the molecule is CNCc1nccn1Cc1cc(F)ccc1[N+](=O)[O-]. The summed E-state index contributed by atoms with van der Waals surface area (Å²) in [5, 5.41) is 13.9. The molecule has 0 aliphatic heterocycles. The van der Waals surface area contributed by atoms with Crippen LogP contribution in [0.2, 0.25) is 0 Å². The second-order valence-electron chi connectivity index (χ2n) is 4.03. The van der Waals surface area contributed by atoms with Crippen molar-refractivity contribution in [3.05, 3.63) is 57.9 Å². The van der Waals surface area contributed by atoms with Gasteiger partial charge in [-0.2, -0.15) is 0 Å². The zero-order chi connectivity index (χ0) is 13.8. The van der Waals surface area contributed by atoms with Gasteiger partial charge in [-0.1, -0.05) is 0 Å². The number of nitrogens with zero attached hydrogens (tertiary/aromatic N) is 3. The summed E-state index contributed by atoms with van der Waals surface area (Å²) in [7, 11) is 1.78. The molecule has 0 aliphatic carbocycles. The summed E-state index contributed by atoms with van der Waals surface area (Å²) in [4.78, 5) is 14.5. The summed E-state index contributed by atoms with van der Waals surface area (Å²) in [6.07, 6.45) is 3.32. The van der Waals surface area contributed by atoms with E-state index < -0.39 is 10.7 Å². The van der Waals surface area contributed by atoms with Crippen LogP contribution in [0.4, 0.5) is 10.1 Å². The summed E-state index contributed by atoms with van der Waals surface area (Å²) in [5.41, 5.74) is 0.228. The fourth-order valence-corrected chi connectivity index (χ4v) is 1.85. The maximum atomic E-state index is 13.2. The molecule has 0 saturated heterocycles. The lowest BCUT2D eigenvalue weighted by Gasteiger charge is -2.08. The summed E-state index contributed by atoms with van der Waals surface area (Å²) in [5.74, 6) is 0.247. The number of aromatic nitrogens is 2. The number of nitro groups is 1. The highest BCUT2D eigenvalue weighted by atomic mass is 19.1. The van der Waals surface area contributed by atoms with Gasteiger partial charge in [0.05, 0.1) is 23.6 Å². The Kier molecular flexibility index (Phi) is 3.86. The largest absolute Gasteiger partial charge is 0.329 e. The lowest BCUT2D eigenvalue weighted by atomic mass is 10.1. The molecule has 7 heteroatoms. The van der Waals surface area contributed by atoms with Gasteiger partial charge in [-0.25, -0.2) is 9.37 Å². The van der Waals surface area contributed by atoms with Crippen LogP contribution in [0.25, 0.3) is 0 Å². The maximum Gasteiger partial charge on any atom is 0.274 e. The van der Waals surface area contributed by atoms with E-state index in [-0.39, 0.29) is 12.2 Å². The minimum Gasteiger partial charge on any atom is -0.329 e. The predicted octanol–water partition coefficient (Wildman–Crippen LogP) is 1.70. The lowest BCUT2D eigenvalue weighted by Crippen LogP contribution is -2.13. The van der Waals surface area contributed by atoms with E-state index in [1.807, 2.05) is 0 Å². The molecule has 0 unspecified atom stereocenters. The summed E-state index contributed by atoms with van der Waals surface area (Å²) < 4.78 is 15.0. The van der Waals surface area contributed by atoms with Crippen molar-refractivity contribution in [2.75, 3.05) is 7.05 Å². The topological polar surface area (TPSA) is 73.0 Å². The molecule has 6 nitrogen and oxygen atoms in total. The normalized spacial score (nSPS) is 10.6. The van der Waals surface area contributed by atoms with Gasteiger partial charge in [0.25, 0.3) is 5.69 Å². The van der Waals surface area contributed by atoms with Crippen molar-refractivity contribution in [2.24, 2.45) is 0 Å². The molecule has 1 N–H and O–H groups in total. The van der Waals surface area contributed by atoms with E-state index in [9.17, 15) is 14.5 Å². The third-order valence-electron chi connectivity index (χ3n) is 2.72. The lowest BCUT2D eigenvalue weighted by molar-refractivity contribution is -0.385. The Morgan fingerprint density at radius 3 is 3.00 bits per heavy atom. The molecule has 0 spiro atoms. The number of halogens is 1. The zero-order valence-electron chi connectivity index (χ0n) is 10.3. The van der Waals surface area contributed by atoms with Crippen LogP contribution < -0.4 is 5.32 Å².